The van der Waals surface area contributed by atoms with Gasteiger partial charge in [-0.15, -0.1) is 0 Å². The molecular formula is C44H67ClN6O7. The summed E-state index contributed by atoms with van der Waals surface area (Å²) in [4.78, 5) is 88.9. The smallest absolute Gasteiger partial charge is 0.408 e. The number of halogens is 1. The molecule has 3 aliphatic rings. The first-order chi connectivity index (χ1) is 27.3. The van der Waals surface area contributed by atoms with Crippen molar-refractivity contribution in [3.05, 3.63) is 40.4 Å². The van der Waals surface area contributed by atoms with Gasteiger partial charge in [0.15, 0.2) is 0 Å². The molecule has 0 unspecified atom stereocenters. The summed E-state index contributed by atoms with van der Waals surface area (Å²) < 4.78 is 5.47. The number of amides is 6. The summed E-state index contributed by atoms with van der Waals surface area (Å²) in [6, 6.07) is 1.97. The minimum atomic E-state index is -0.978. The van der Waals surface area contributed by atoms with Crippen molar-refractivity contribution in [1.82, 2.24) is 30.2 Å². The maximum Gasteiger partial charge on any atom is 0.408 e. The summed E-state index contributed by atoms with van der Waals surface area (Å²) in [7, 11) is 4.98. The fourth-order valence-corrected chi connectivity index (χ4v) is 8.10. The van der Waals surface area contributed by atoms with Gasteiger partial charge in [0.05, 0.1) is 0 Å². The Balaban J connectivity index is 1.66. The van der Waals surface area contributed by atoms with Crippen LogP contribution in [0.4, 0.5) is 4.79 Å². The van der Waals surface area contributed by atoms with Crippen LogP contribution in [0.1, 0.15) is 117 Å². The van der Waals surface area contributed by atoms with E-state index in [0.29, 0.717) is 50.3 Å². The van der Waals surface area contributed by atoms with Crippen molar-refractivity contribution in [2.24, 2.45) is 11.8 Å². The van der Waals surface area contributed by atoms with E-state index in [0.717, 1.165) is 55.2 Å². The van der Waals surface area contributed by atoms with Crippen LogP contribution in [0.2, 0.25) is 5.02 Å². The summed E-state index contributed by atoms with van der Waals surface area (Å²) in [5, 5.41) is 6.30. The predicted molar refractivity (Wildman–Crippen MR) is 226 cm³/mol. The first-order valence-electron chi connectivity index (χ1n) is 21.1. The molecule has 14 heteroatoms. The highest BCUT2D eigenvalue weighted by Gasteiger charge is 2.43. The second-order valence-electron chi connectivity index (χ2n) is 17.8. The van der Waals surface area contributed by atoms with E-state index in [1.807, 2.05) is 38.1 Å². The number of likely N-dealkylation sites (N-methyl/N-ethyl adjacent to an activating group) is 3. The van der Waals surface area contributed by atoms with Crippen LogP contribution in [-0.4, -0.2) is 126 Å². The zero-order chi connectivity index (χ0) is 42.9. The lowest BCUT2D eigenvalue weighted by Gasteiger charge is -2.36. The van der Waals surface area contributed by atoms with Crippen LogP contribution < -0.4 is 10.6 Å². The van der Waals surface area contributed by atoms with E-state index >= 15 is 0 Å². The minimum absolute atomic E-state index is 0.00694. The molecule has 2 fully saturated rings. The summed E-state index contributed by atoms with van der Waals surface area (Å²) in [6.45, 7) is 12.3. The molecule has 4 atom stereocenters. The molecule has 58 heavy (non-hydrogen) atoms. The van der Waals surface area contributed by atoms with E-state index < -0.39 is 47.7 Å². The SMILES string of the molecule is CC(=O)N1CC=C(c2ccc(Cl)cc2C[C@H]2C(=O)N(C)CCCCCCC[C@H](N(C)C(=O)[C@@H](NC(=O)OC(C)(C)C)C3CC3)C(=O)N[C@@H](CC(C)C)C(=O)N2C)CC1. The minimum Gasteiger partial charge on any atom is -0.444 e. The number of nitrogens with zero attached hydrogens (tertiary/aromatic N) is 4. The normalized spacial score (nSPS) is 22.6. The van der Waals surface area contributed by atoms with E-state index in [9.17, 15) is 28.8 Å². The third kappa shape index (κ3) is 13.2. The Morgan fingerprint density at radius 3 is 2.26 bits per heavy atom. The van der Waals surface area contributed by atoms with Crippen molar-refractivity contribution in [1.29, 1.82) is 0 Å². The fourth-order valence-electron chi connectivity index (χ4n) is 7.90. The monoisotopic (exact) mass is 826 g/mol. The largest absolute Gasteiger partial charge is 0.444 e. The van der Waals surface area contributed by atoms with E-state index in [-0.39, 0.29) is 36.0 Å². The van der Waals surface area contributed by atoms with E-state index in [1.54, 1.807) is 58.6 Å². The van der Waals surface area contributed by atoms with Gasteiger partial charge >= 0.3 is 6.09 Å². The Morgan fingerprint density at radius 1 is 0.983 bits per heavy atom. The predicted octanol–water partition coefficient (Wildman–Crippen LogP) is 5.82. The van der Waals surface area contributed by atoms with Crippen LogP contribution in [0.15, 0.2) is 24.3 Å². The molecule has 322 valence electrons. The van der Waals surface area contributed by atoms with Gasteiger partial charge < -0.3 is 35.0 Å². The Kier molecular flexibility index (Phi) is 16.6. The van der Waals surface area contributed by atoms with Gasteiger partial charge in [0.1, 0.15) is 29.8 Å². The number of carbonyl (C=O) groups excluding carboxylic acids is 6. The van der Waals surface area contributed by atoms with Crippen molar-refractivity contribution in [3.8, 4) is 0 Å². The molecule has 0 aromatic heterocycles. The van der Waals surface area contributed by atoms with Gasteiger partial charge in [-0.25, -0.2) is 4.79 Å². The molecule has 1 aliphatic carbocycles. The summed E-state index contributed by atoms with van der Waals surface area (Å²) in [5.41, 5.74) is 2.03. The average Bonchev–Trinajstić information content (AvgIpc) is 4.00. The molecule has 1 saturated carbocycles. The Morgan fingerprint density at radius 2 is 1.66 bits per heavy atom. The van der Waals surface area contributed by atoms with Crippen molar-refractivity contribution < 1.29 is 33.5 Å². The first-order valence-corrected chi connectivity index (χ1v) is 21.5. The van der Waals surface area contributed by atoms with Crippen molar-refractivity contribution >= 4 is 52.8 Å². The molecule has 4 rings (SSSR count). The molecule has 2 heterocycles. The summed E-state index contributed by atoms with van der Waals surface area (Å²) in [5.74, 6) is -1.49. The number of benzene rings is 1. The maximum absolute atomic E-state index is 14.7. The summed E-state index contributed by atoms with van der Waals surface area (Å²) >= 11 is 6.57. The first kappa shape index (κ1) is 46.6. The van der Waals surface area contributed by atoms with Gasteiger partial charge in [0.2, 0.25) is 29.5 Å². The van der Waals surface area contributed by atoms with Crippen molar-refractivity contribution in [3.63, 3.8) is 0 Å². The molecule has 0 bridgehead atoms. The van der Waals surface area contributed by atoms with Crippen LogP contribution in [0.5, 0.6) is 0 Å². The quantitative estimate of drug-likeness (QED) is 0.319. The summed E-state index contributed by atoms with van der Waals surface area (Å²) in [6.07, 6.45) is 8.43. The highest BCUT2D eigenvalue weighted by atomic mass is 35.5. The van der Waals surface area contributed by atoms with E-state index in [4.69, 9.17) is 16.3 Å². The Hall–Kier alpha value is -4.13. The van der Waals surface area contributed by atoms with Crippen LogP contribution in [-0.2, 0) is 35.1 Å². The van der Waals surface area contributed by atoms with Crippen molar-refractivity contribution in [2.75, 3.05) is 40.8 Å². The second-order valence-corrected chi connectivity index (χ2v) is 18.3. The molecule has 2 aliphatic heterocycles. The zero-order valence-electron chi connectivity index (χ0n) is 36.2. The van der Waals surface area contributed by atoms with Crippen LogP contribution >= 0.6 is 11.6 Å². The van der Waals surface area contributed by atoms with Crippen LogP contribution in [0.25, 0.3) is 5.57 Å². The maximum atomic E-state index is 14.7. The van der Waals surface area contributed by atoms with E-state index in [1.165, 1.54) is 9.80 Å². The van der Waals surface area contributed by atoms with Gasteiger partial charge in [0, 0.05) is 59.1 Å². The highest BCUT2D eigenvalue weighted by molar-refractivity contribution is 6.30. The van der Waals surface area contributed by atoms with Gasteiger partial charge in [-0.1, -0.05) is 63.3 Å². The van der Waals surface area contributed by atoms with Gasteiger partial charge in [0.25, 0.3) is 0 Å². The standard InChI is InChI=1S/C44H67ClN6O7/c1-28(2)25-35-40(54)50(9)37(27-32-26-33(45)18-19-34(32)30-20-23-51(24-21-30)29(3)52)41(55)48(7)22-14-12-10-11-13-15-36(39(53)46-35)49(8)42(56)38(31-16-17-31)47-43(57)58-44(4,5)6/h18-20,26,28,31,35-38H,10-17,21-25,27H2,1-9H3,(H,46,53)(H,47,57)/t35-,36-,37-,38-/m0/s1. The average molecular weight is 828 g/mol. The van der Waals surface area contributed by atoms with Crippen LogP contribution in [0, 0.1) is 11.8 Å². The van der Waals surface area contributed by atoms with Gasteiger partial charge in [-0.2, -0.15) is 0 Å². The molecule has 13 nitrogen and oxygen atoms in total. The number of nitrogens with one attached hydrogen (secondary N) is 2. The number of carbonyl (C=O) groups is 6. The molecule has 0 radical (unpaired) electrons. The molecular weight excluding hydrogens is 760 g/mol. The number of rotatable bonds is 9. The lowest BCUT2D eigenvalue weighted by Crippen LogP contribution is -2.59. The number of hydrogen-bond acceptors (Lipinski definition) is 7. The molecule has 2 N–H and O–H groups in total. The molecule has 1 aromatic carbocycles. The fraction of sp³-hybridized carbons (Fsp3) is 0.682. The number of hydrogen-bond donors (Lipinski definition) is 2. The number of ether oxygens (including phenoxy) is 1. The Labute approximate surface area is 350 Å². The highest BCUT2D eigenvalue weighted by Crippen LogP contribution is 2.34. The van der Waals surface area contributed by atoms with Gasteiger partial charge in [-0.3, -0.25) is 24.0 Å². The third-order valence-electron chi connectivity index (χ3n) is 11.4. The molecule has 1 aromatic rings. The van der Waals surface area contributed by atoms with Crippen molar-refractivity contribution in [2.45, 2.75) is 142 Å². The Bertz CT molecular complexity index is 1690. The lowest BCUT2D eigenvalue weighted by molar-refractivity contribution is -0.147. The third-order valence-corrected chi connectivity index (χ3v) is 11.6. The zero-order valence-corrected chi connectivity index (χ0v) is 37.0. The number of alkyl carbamates (subject to hydrolysis) is 1. The molecule has 0 spiro atoms. The van der Waals surface area contributed by atoms with Crippen LogP contribution in [0.3, 0.4) is 0 Å². The molecule has 1 saturated heterocycles. The van der Waals surface area contributed by atoms with Gasteiger partial charge in [-0.05, 0) is 100.0 Å². The lowest BCUT2D eigenvalue weighted by atomic mass is 9.90. The second kappa shape index (κ2) is 20.7. The van der Waals surface area contributed by atoms with E-state index in [2.05, 4.69) is 10.6 Å². The topological polar surface area (TPSA) is 149 Å². The molecule has 6 amide bonds.